The molecule has 0 aliphatic heterocycles. The summed E-state index contributed by atoms with van der Waals surface area (Å²) in [5.41, 5.74) is 3.25. The topological polar surface area (TPSA) is 126 Å². The summed E-state index contributed by atoms with van der Waals surface area (Å²) in [6.45, 7) is 3.15. The van der Waals surface area contributed by atoms with E-state index in [9.17, 15) is 19.2 Å². The second-order valence-corrected chi connectivity index (χ2v) is 11.6. The Morgan fingerprint density at radius 1 is 0.837 bits per heavy atom. The van der Waals surface area contributed by atoms with Gasteiger partial charge in [0.15, 0.2) is 10.9 Å². The molecular weight excluding hydrogens is 605 g/mol. The number of thiophene rings is 1. The Morgan fingerprint density at radius 2 is 1.49 bits per heavy atom. The van der Waals surface area contributed by atoms with Crippen molar-refractivity contribution in [1.82, 2.24) is 0 Å². The fourth-order valence-electron chi connectivity index (χ4n) is 3.93. The standard InChI is InChI=1S/C31H28N4O5S3/c1-18-26(30(39)40-3)29(43-27(18)28(38)32-21-8-5-4-6-9-21)35-25(37)17-42-24-11-7-10-23(16-24)34-31(41)33-22-14-12-20(13-15-22)19(2)36/h4-16H,17H2,1-3H3,(H,32,38)(H,35,37)(H2,33,34,41). The first kappa shape index (κ1) is 31.4. The Hall–Kier alpha value is -4.52. The van der Waals surface area contributed by atoms with Crippen molar-refractivity contribution >= 4 is 86.1 Å². The lowest BCUT2D eigenvalue weighted by molar-refractivity contribution is -0.113. The summed E-state index contributed by atoms with van der Waals surface area (Å²) in [6, 6.07) is 23.3. The quantitative estimate of drug-likeness (QED) is 0.0644. The Bertz CT molecular complexity index is 1670. The van der Waals surface area contributed by atoms with E-state index in [0.717, 1.165) is 27.6 Å². The highest BCUT2D eigenvalue weighted by Gasteiger charge is 2.26. The molecule has 0 fully saturated rings. The van der Waals surface area contributed by atoms with Crippen molar-refractivity contribution in [1.29, 1.82) is 0 Å². The molecule has 0 aliphatic rings. The van der Waals surface area contributed by atoms with Gasteiger partial charge in [0.25, 0.3) is 5.91 Å². The minimum absolute atomic E-state index is 0.0133. The van der Waals surface area contributed by atoms with Crippen molar-refractivity contribution in [2.75, 3.05) is 34.1 Å². The Labute approximate surface area is 262 Å². The number of Topliss-reactive ketones (excluding diaryl/α,β-unsaturated/α-hetero) is 1. The molecule has 43 heavy (non-hydrogen) atoms. The van der Waals surface area contributed by atoms with Crippen LogP contribution in [0.1, 0.15) is 42.9 Å². The number of nitrogens with one attached hydrogen (secondary N) is 4. The number of anilines is 4. The monoisotopic (exact) mass is 632 g/mol. The molecule has 1 aromatic heterocycles. The molecule has 0 bridgehead atoms. The molecule has 4 aromatic rings. The number of hydrogen-bond acceptors (Lipinski definition) is 8. The van der Waals surface area contributed by atoms with Crippen LogP contribution in [-0.2, 0) is 9.53 Å². The van der Waals surface area contributed by atoms with Gasteiger partial charge in [-0.05, 0) is 86.2 Å². The lowest BCUT2D eigenvalue weighted by atomic mass is 10.1. The van der Waals surface area contributed by atoms with Gasteiger partial charge in [-0.1, -0.05) is 24.3 Å². The van der Waals surface area contributed by atoms with Gasteiger partial charge >= 0.3 is 5.97 Å². The molecule has 0 aliphatic carbocycles. The highest BCUT2D eigenvalue weighted by Crippen LogP contribution is 2.34. The predicted octanol–water partition coefficient (Wildman–Crippen LogP) is 6.84. The van der Waals surface area contributed by atoms with E-state index in [2.05, 4.69) is 21.3 Å². The van der Waals surface area contributed by atoms with E-state index in [1.54, 1.807) is 55.5 Å². The third-order valence-electron chi connectivity index (χ3n) is 6.04. The van der Waals surface area contributed by atoms with Gasteiger partial charge in [-0.25, -0.2) is 4.79 Å². The largest absolute Gasteiger partial charge is 0.465 e. The molecule has 3 aromatic carbocycles. The average Bonchev–Trinajstić information content (AvgIpc) is 3.31. The first-order valence-electron chi connectivity index (χ1n) is 12.9. The fraction of sp³-hybridized carbons (Fsp3) is 0.129. The van der Waals surface area contributed by atoms with Gasteiger partial charge < -0.3 is 26.0 Å². The molecule has 0 unspecified atom stereocenters. The predicted molar refractivity (Wildman–Crippen MR) is 177 cm³/mol. The van der Waals surface area contributed by atoms with Gasteiger partial charge in [-0.2, -0.15) is 0 Å². The van der Waals surface area contributed by atoms with Crippen molar-refractivity contribution in [2.24, 2.45) is 0 Å². The normalized spacial score (nSPS) is 10.4. The third-order valence-corrected chi connectivity index (χ3v) is 8.44. The molecule has 0 atom stereocenters. The second kappa shape index (κ2) is 14.6. The molecular formula is C31H28N4O5S3. The van der Waals surface area contributed by atoms with E-state index in [0.29, 0.717) is 26.8 Å². The number of amides is 2. The third kappa shape index (κ3) is 8.51. The Morgan fingerprint density at radius 3 is 2.16 bits per heavy atom. The van der Waals surface area contributed by atoms with Crippen molar-refractivity contribution in [2.45, 2.75) is 18.7 Å². The summed E-state index contributed by atoms with van der Waals surface area (Å²) >= 11 is 7.73. The molecule has 220 valence electrons. The number of thiocarbonyl (C=S) groups is 1. The van der Waals surface area contributed by atoms with Gasteiger partial charge in [0.1, 0.15) is 5.00 Å². The number of ether oxygens (including phenoxy) is 1. The maximum Gasteiger partial charge on any atom is 0.341 e. The van der Waals surface area contributed by atoms with Crippen LogP contribution in [0.5, 0.6) is 0 Å². The van der Waals surface area contributed by atoms with Crippen LogP contribution in [-0.4, -0.2) is 41.5 Å². The second-order valence-electron chi connectivity index (χ2n) is 9.15. The minimum atomic E-state index is -0.645. The van der Waals surface area contributed by atoms with Crippen LogP contribution in [0.4, 0.5) is 22.1 Å². The van der Waals surface area contributed by atoms with Crippen molar-refractivity contribution in [3.05, 3.63) is 100 Å². The number of methoxy groups -OCH3 is 1. The maximum atomic E-state index is 13.0. The molecule has 9 nitrogen and oxygen atoms in total. The van der Waals surface area contributed by atoms with Crippen LogP contribution in [0.25, 0.3) is 0 Å². The Kier molecular flexibility index (Phi) is 10.7. The number of rotatable bonds is 10. The molecule has 12 heteroatoms. The number of esters is 1. The molecule has 1 heterocycles. The van der Waals surface area contributed by atoms with Crippen LogP contribution in [0.15, 0.2) is 83.8 Å². The number of carbonyl (C=O) groups is 4. The highest BCUT2D eigenvalue weighted by molar-refractivity contribution is 8.00. The van der Waals surface area contributed by atoms with Crippen molar-refractivity contribution < 1.29 is 23.9 Å². The van der Waals surface area contributed by atoms with Crippen LogP contribution in [0.3, 0.4) is 0 Å². The summed E-state index contributed by atoms with van der Waals surface area (Å²) in [6.07, 6.45) is 0. The smallest absolute Gasteiger partial charge is 0.341 e. The van der Waals surface area contributed by atoms with E-state index in [1.807, 2.05) is 30.3 Å². The number of carbonyl (C=O) groups excluding carboxylic acids is 4. The van der Waals surface area contributed by atoms with Crippen LogP contribution < -0.4 is 21.3 Å². The number of para-hydroxylation sites is 1. The number of benzene rings is 3. The minimum Gasteiger partial charge on any atom is -0.465 e. The van der Waals surface area contributed by atoms with Crippen molar-refractivity contribution in [3.8, 4) is 0 Å². The molecule has 4 rings (SSSR count). The first-order valence-corrected chi connectivity index (χ1v) is 15.2. The summed E-state index contributed by atoms with van der Waals surface area (Å²) < 4.78 is 4.92. The van der Waals surface area contributed by atoms with E-state index in [-0.39, 0.29) is 28.0 Å². The first-order chi connectivity index (χ1) is 20.6. The molecule has 4 N–H and O–H groups in total. The lowest BCUT2D eigenvalue weighted by Gasteiger charge is -2.12. The van der Waals surface area contributed by atoms with Crippen LogP contribution >= 0.6 is 35.3 Å². The summed E-state index contributed by atoms with van der Waals surface area (Å²) in [5.74, 6) is -1.35. The van der Waals surface area contributed by atoms with Gasteiger partial charge in [-0.15, -0.1) is 23.1 Å². The highest BCUT2D eigenvalue weighted by atomic mass is 32.2. The van der Waals surface area contributed by atoms with E-state index < -0.39 is 11.9 Å². The van der Waals surface area contributed by atoms with E-state index in [1.165, 1.54) is 25.8 Å². The number of thioether (sulfide) groups is 1. The molecule has 0 radical (unpaired) electrons. The average molecular weight is 633 g/mol. The van der Waals surface area contributed by atoms with Crippen LogP contribution in [0, 0.1) is 6.92 Å². The lowest BCUT2D eigenvalue weighted by Crippen LogP contribution is -2.19. The van der Waals surface area contributed by atoms with Gasteiger partial charge in [0, 0.05) is 27.5 Å². The zero-order chi connectivity index (χ0) is 30.9. The maximum absolute atomic E-state index is 13.0. The Balaban J connectivity index is 1.37. The molecule has 0 spiro atoms. The van der Waals surface area contributed by atoms with Gasteiger partial charge in [-0.3, -0.25) is 14.4 Å². The number of ketones is 1. The van der Waals surface area contributed by atoms with Gasteiger partial charge in [0.05, 0.1) is 23.3 Å². The molecule has 0 saturated carbocycles. The van der Waals surface area contributed by atoms with Gasteiger partial charge in [0.2, 0.25) is 5.91 Å². The summed E-state index contributed by atoms with van der Waals surface area (Å²) in [5, 5.41) is 12.4. The molecule has 2 amide bonds. The van der Waals surface area contributed by atoms with Crippen LogP contribution in [0.2, 0.25) is 0 Å². The SMILES string of the molecule is COC(=O)c1c(NC(=O)CSc2cccc(NC(=S)Nc3ccc(C(C)=O)cc3)c2)sc(C(=O)Nc2ccccc2)c1C. The zero-order valence-corrected chi connectivity index (χ0v) is 25.9. The van der Waals surface area contributed by atoms with E-state index >= 15 is 0 Å². The summed E-state index contributed by atoms with van der Waals surface area (Å²) in [4.78, 5) is 51.0. The fourth-order valence-corrected chi connectivity index (χ4v) is 6.03. The summed E-state index contributed by atoms with van der Waals surface area (Å²) in [7, 11) is 1.25. The van der Waals surface area contributed by atoms with Crippen molar-refractivity contribution in [3.63, 3.8) is 0 Å². The zero-order valence-electron chi connectivity index (χ0n) is 23.5. The van der Waals surface area contributed by atoms with E-state index in [4.69, 9.17) is 17.0 Å². The number of hydrogen-bond donors (Lipinski definition) is 4. The molecule has 0 saturated heterocycles.